The monoisotopic (exact) mass is 595 g/mol. The third kappa shape index (κ3) is 7.62. The Bertz CT molecular complexity index is 1240. The molecule has 3 aliphatic heterocycles. The third-order valence-corrected chi connectivity index (χ3v) is 9.31. The Labute approximate surface area is 253 Å². The Balaban J connectivity index is 1.09. The minimum Gasteiger partial charge on any atom is -0.351 e. The fourth-order valence-corrected chi connectivity index (χ4v) is 6.63. The van der Waals surface area contributed by atoms with E-state index in [0.717, 1.165) is 56.0 Å². The van der Waals surface area contributed by atoms with Gasteiger partial charge in [0.15, 0.2) is 0 Å². The summed E-state index contributed by atoms with van der Waals surface area (Å²) in [5, 5.41) is 5.28. The molecule has 3 amide bonds. The van der Waals surface area contributed by atoms with Crippen molar-refractivity contribution >= 4 is 35.2 Å². The van der Waals surface area contributed by atoms with Gasteiger partial charge in [-0.2, -0.15) is 0 Å². The third-order valence-electron chi connectivity index (χ3n) is 8.90. The molecule has 3 heterocycles. The summed E-state index contributed by atoms with van der Waals surface area (Å²) < 4.78 is 0. The van der Waals surface area contributed by atoms with Gasteiger partial charge in [0.1, 0.15) is 0 Å². The van der Waals surface area contributed by atoms with Crippen LogP contribution in [0.3, 0.4) is 0 Å². The maximum Gasteiger partial charge on any atom is 0.426 e. The van der Waals surface area contributed by atoms with Crippen LogP contribution in [0.15, 0.2) is 48.5 Å². The fourth-order valence-electron chi connectivity index (χ4n) is 6.45. The summed E-state index contributed by atoms with van der Waals surface area (Å²) in [4.78, 5) is 49.6. The van der Waals surface area contributed by atoms with Crippen LogP contribution in [-0.2, 0) is 21.0 Å². The molecule has 2 atom stereocenters. The number of halogens is 1. The molecule has 2 unspecified atom stereocenters. The second kappa shape index (κ2) is 13.9. The summed E-state index contributed by atoms with van der Waals surface area (Å²) >= 11 is 6.45. The highest BCUT2D eigenvalue weighted by Gasteiger charge is 2.41. The zero-order valence-electron chi connectivity index (χ0n) is 24.6. The largest absolute Gasteiger partial charge is 0.426 e. The van der Waals surface area contributed by atoms with Gasteiger partial charge in [-0.3, -0.25) is 9.59 Å². The van der Waals surface area contributed by atoms with E-state index in [1.165, 1.54) is 0 Å². The molecule has 5 rings (SSSR count). The van der Waals surface area contributed by atoms with E-state index in [1.54, 1.807) is 12.0 Å². The molecule has 0 aromatic heterocycles. The van der Waals surface area contributed by atoms with Crippen molar-refractivity contribution in [3.8, 4) is 0 Å². The molecular weight excluding hydrogens is 554 g/mol. The molecule has 0 radical (unpaired) electrons. The first-order valence-electron chi connectivity index (χ1n) is 15.1. The molecule has 0 spiro atoms. The van der Waals surface area contributed by atoms with Gasteiger partial charge >= 0.3 is 6.09 Å². The molecule has 2 aromatic carbocycles. The Hall–Kier alpha value is -3.14. The van der Waals surface area contributed by atoms with Gasteiger partial charge in [-0.25, -0.2) is 4.79 Å². The second-order valence-corrected chi connectivity index (χ2v) is 12.3. The van der Waals surface area contributed by atoms with Gasteiger partial charge in [-0.05, 0) is 67.8 Å². The van der Waals surface area contributed by atoms with E-state index in [-0.39, 0.29) is 17.7 Å². The number of aryl methyl sites for hydroxylation is 1. The highest BCUT2D eigenvalue weighted by atomic mass is 35.5. The zero-order valence-corrected chi connectivity index (χ0v) is 25.4. The van der Waals surface area contributed by atoms with Gasteiger partial charge in [-0.1, -0.05) is 48.0 Å². The van der Waals surface area contributed by atoms with E-state index in [1.807, 2.05) is 65.3 Å². The van der Waals surface area contributed by atoms with Crippen LogP contribution in [0.4, 0.5) is 10.5 Å². The summed E-state index contributed by atoms with van der Waals surface area (Å²) in [5.41, 5.74) is 2.85. The summed E-state index contributed by atoms with van der Waals surface area (Å²) in [7, 11) is 0. The number of piperidine rings is 1. The number of hydrogen-bond donors (Lipinski definition) is 1. The van der Waals surface area contributed by atoms with E-state index in [2.05, 4.69) is 10.2 Å². The molecule has 0 saturated carbocycles. The predicted molar refractivity (Wildman–Crippen MR) is 163 cm³/mol. The number of likely N-dealkylation sites (tertiary alicyclic amines) is 2. The Morgan fingerprint density at radius 3 is 2.33 bits per heavy atom. The topological polar surface area (TPSA) is 85.4 Å². The average Bonchev–Trinajstić information content (AvgIpc) is 3.54. The lowest BCUT2D eigenvalue weighted by Crippen LogP contribution is -2.44. The quantitative estimate of drug-likeness (QED) is 0.464. The smallest absolute Gasteiger partial charge is 0.351 e. The summed E-state index contributed by atoms with van der Waals surface area (Å²) in [6.07, 6.45) is 1.81. The van der Waals surface area contributed by atoms with E-state index in [0.29, 0.717) is 55.9 Å². The highest BCUT2D eigenvalue weighted by Crippen LogP contribution is 2.32. The van der Waals surface area contributed by atoms with Gasteiger partial charge < -0.3 is 24.9 Å². The van der Waals surface area contributed by atoms with Crippen molar-refractivity contribution in [3.05, 3.63) is 64.7 Å². The van der Waals surface area contributed by atoms with Gasteiger partial charge in [-0.15, -0.1) is 5.06 Å². The Kier molecular flexibility index (Phi) is 10.0. The first-order chi connectivity index (χ1) is 20.3. The lowest BCUT2D eigenvalue weighted by Gasteiger charge is -2.34. The molecule has 1 N–H and O–H groups in total. The van der Waals surface area contributed by atoms with Crippen LogP contribution in [0.5, 0.6) is 0 Å². The molecule has 226 valence electrons. The minimum atomic E-state index is -0.413. The molecule has 10 heteroatoms. The van der Waals surface area contributed by atoms with Gasteiger partial charge in [0.25, 0.3) is 0 Å². The van der Waals surface area contributed by atoms with E-state index < -0.39 is 6.09 Å². The second-order valence-electron chi connectivity index (χ2n) is 11.9. The lowest BCUT2D eigenvalue weighted by molar-refractivity contribution is -0.133. The maximum atomic E-state index is 13.7. The molecule has 2 aromatic rings. The van der Waals surface area contributed by atoms with Crippen molar-refractivity contribution in [3.63, 3.8) is 0 Å². The number of amides is 3. The predicted octanol–water partition coefficient (Wildman–Crippen LogP) is 4.34. The number of carbonyl (C=O) groups excluding carboxylic acids is 3. The van der Waals surface area contributed by atoms with Crippen molar-refractivity contribution in [1.29, 1.82) is 0 Å². The van der Waals surface area contributed by atoms with Crippen LogP contribution in [0.1, 0.15) is 37.3 Å². The Morgan fingerprint density at radius 1 is 1.00 bits per heavy atom. The average molecular weight is 596 g/mol. The van der Waals surface area contributed by atoms with Crippen molar-refractivity contribution in [1.82, 2.24) is 20.2 Å². The number of carbonyl (C=O) groups is 3. The number of hydroxylamine groups is 2. The standard InChI is InChI=1S/C32H42ClN5O4/c1-23-9-10-29(17-30(23)33)38(31(40)26-11-15-36(16-12-26)24(2)39)14-6-13-35-19-27-21-37(22-28(27)20-35)42-32(41)34-18-25-7-4-3-5-8-25/h3-5,7-10,17,26-28H,6,11-16,18-22H2,1-2H3,(H,34,41). The summed E-state index contributed by atoms with van der Waals surface area (Å²) in [5.74, 6) is 1.02. The van der Waals surface area contributed by atoms with Crippen molar-refractivity contribution in [2.75, 3.05) is 57.3 Å². The molecule has 3 fully saturated rings. The molecule has 9 nitrogen and oxygen atoms in total. The molecule has 0 bridgehead atoms. The summed E-state index contributed by atoms with van der Waals surface area (Å²) in [6, 6.07) is 15.6. The van der Waals surface area contributed by atoms with Crippen LogP contribution < -0.4 is 10.2 Å². The fraction of sp³-hybridized carbons (Fsp3) is 0.531. The first kappa shape index (κ1) is 30.3. The van der Waals surface area contributed by atoms with Gasteiger partial charge in [0, 0.05) is 75.9 Å². The van der Waals surface area contributed by atoms with Gasteiger partial charge in [0.2, 0.25) is 11.8 Å². The normalized spacial score (nSPS) is 21.3. The molecule has 0 aliphatic carbocycles. The van der Waals surface area contributed by atoms with E-state index in [4.69, 9.17) is 16.4 Å². The molecule has 3 aliphatic rings. The minimum absolute atomic E-state index is 0.0689. The number of nitrogens with zero attached hydrogens (tertiary/aromatic N) is 4. The summed E-state index contributed by atoms with van der Waals surface area (Å²) in [6.45, 7) is 10.2. The van der Waals surface area contributed by atoms with Crippen molar-refractivity contribution in [2.45, 2.75) is 39.7 Å². The van der Waals surface area contributed by atoms with E-state index in [9.17, 15) is 14.4 Å². The number of rotatable bonds is 9. The first-order valence-corrected chi connectivity index (χ1v) is 15.4. The Morgan fingerprint density at radius 2 is 1.69 bits per heavy atom. The van der Waals surface area contributed by atoms with Crippen LogP contribution >= 0.6 is 11.6 Å². The van der Waals surface area contributed by atoms with Crippen LogP contribution in [0, 0.1) is 24.7 Å². The molecular formula is C32H42ClN5O4. The van der Waals surface area contributed by atoms with Crippen molar-refractivity contribution < 1.29 is 19.2 Å². The zero-order chi connectivity index (χ0) is 29.6. The molecule has 3 saturated heterocycles. The van der Waals surface area contributed by atoms with Gasteiger partial charge in [0.05, 0.1) is 0 Å². The van der Waals surface area contributed by atoms with Crippen LogP contribution in [0.25, 0.3) is 0 Å². The van der Waals surface area contributed by atoms with E-state index >= 15 is 0 Å². The van der Waals surface area contributed by atoms with Crippen LogP contribution in [-0.4, -0.2) is 85.1 Å². The number of nitrogens with one attached hydrogen (secondary N) is 1. The number of hydrogen-bond acceptors (Lipinski definition) is 6. The lowest BCUT2D eigenvalue weighted by atomic mass is 9.94. The number of anilines is 1. The number of fused-ring (bicyclic) bond motifs is 1. The maximum absolute atomic E-state index is 13.7. The van der Waals surface area contributed by atoms with Crippen molar-refractivity contribution in [2.24, 2.45) is 17.8 Å². The van der Waals surface area contributed by atoms with Crippen LogP contribution in [0.2, 0.25) is 5.02 Å². The number of benzene rings is 2. The molecule has 42 heavy (non-hydrogen) atoms. The highest BCUT2D eigenvalue weighted by molar-refractivity contribution is 6.31. The SMILES string of the molecule is CC(=O)N1CCC(C(=O)N(CCCN2CC3CN(OC(=O)NCc4ccccc4)CC3C2)c2ccc(C)c(Cl)c2)CC1.